The molecule has 0 N–H and O–H groups in total. The molecule has 0 amide bonds. The fourth-order valence-electron chi connectivity index (χ4n) is 2.74. The van der Waals surface area contributed by atoms with E-state index in [1.807, 2.05) is 37.3 Å². The smallest absolute Gasteiger partial charge is 0.120 e. The maximum Gasteiger partial charge on any atom is 0.120 e. The lowest BCUT2D eigenvalue weighted by Gasteiger charge is -2.08. The number of rotatable bonds is 7. The Kier molecular flexibility index (Phi) is 6.10. The number of allylic oxidation sites excluding steroid dienone is 1. The third kappa shape index (κ3) is 4.76. The minimum absolute atomic E-state index is 0.542. The van der Waals surface area contributed by atoms with Crippen LogP contribution in [0.2, 0.25) is 0 Å². The van der Waals surface area contributed by atoms with Crippen molar-refractivity contribution in [2.45, 2.75) is 13.8 Å². The standard InChI is InChI=1S/C24H24O2/c1-3-25-23-13-15-24(16-14-23)26-18-17-19(2)20-9-11-22(12-10-20)21-7-5-4-6-8-21/h4-17H,3,18H2,1-2H3/b19-17+. The predicted molar refractivity (Wildman–Crippen MR) is 109 cm³/mol. The van der Waals surface area contributed by atoms with E-state index in [0.29, 0.717) is 13.2 Å². The van der Waals surface area contributed by atoms with Gasteiger partial charge in [-0.15, -0.1) is 0 Å². The van der Waals surface area contributed by atoms with Gasteiger partial charge in [-0.2, -0.15) is 0 Å². The monoisotopic (exact) mass is 344 g/mol. The molecule has 0 aliphatic heterocycles. The van der Waals surface area contributed by atoms with E-state index in [9.17, 15) is 0 Å². The van der Waals surface area contributed by atoms with Crippen LogP contribution in [0.4, 0.5) is 0 Å². The predicted octanol–water partition coefficient (Wildman–Crippen LogP) is 6.23. The molecule has 26 heavy (non-hydrogen) atoms. The average Bonchev–Trinajstić information content (AvgIpc) is 2.70. The third-order valence-electron chi connectivity index (χ3n) is 4.22. The first-order chi connectivity index (χ1) is 12.8. The van der Waals surface area contributed by atoms with Gasteiger partial charge in [-0.1, -0.05) is 54.6 Å². The third-order valence-corrected chi connectivity index (χ3v) is 4.22. The van der Waals surface area contributed by atoms with Gasteiger partial charge in [0, 0.05) is 0 Å². The van der Waals surface area contributed by atoms with Crippen LogP contribution in [0.1, 0.15) is 19.4 Å². The summed E-state index contributed by atoms with van der Waals surface area (Å²) in [6.07, 6.45) is 2.11. The molecule has 0 spiro atoms. The van der Waals surface area contributed by atoms with Crippen molar-refractivity contribution in [3.63, 3.8) is 0 Å². The fourth-order valence-corrected chi connectivity index (χ4v) is 2.74. The summed E-state index contributed by atoms with van der Waals surface area (Å²) >= 11 is 0. The summed E-state index contributed by atoms with van der Waals surface area (Å²) in [5.41, 5.74) is 4.88. The highest BCUT2D eigenvalue weighted by molar-refractivity contribution is 5.69. The van der Waals surface area contributed by atoms with Gasteiger partial charge in [-0.25, -0.2) is 0 Å². The summed E-state index contributed by atoms with van der Waals surface area (Å²) in [5, 5.41) is 0. The first-order valence-electron chi connectivity index (χ1n) is 8.94. The molecule has 0 aromatic heterocycles. The Morgan fingerprint density at radius 3 is 1.92 bits per heavy atom. The Labute approximate surface area is 155 Å². The lowest BCUT2D eigenvalue weighted by molar-refractivity contribution is 0.336. The minimum Gasteiger partial charge on any atom is -0.494 e. The topological polar surface area (TPSA) is 18.5 Å². The Bertz CT molecular complexity index is 832. The largest absolute Gasteiger partial charge is 0.494 e. The maximum absolute atomic E-state index is 5.79. The average molecular weight is 344 g/mol. The molecule has 2 nitrogen and oxygen atoms in total. The van der Waals surface area contributed by atoms with Crippen molar-refractivity contribution < 1.29 is 9.47 Å². The van der Waals surface area contributed by atoms with E-state index >= 15 is 0 Å². The van der Waals surface area contributed by atoms with Gasteiger partial charge < -0.3 is 9.47 Å². The van der Waals surface area contributed by atoms with Crippen molar-refractivity contribution in [1.29, 1.82) is 0 Å². The van der Waals surface area contributed by atoms with Crippen LogP contribution in [0.25, 0.3) is 16.7 Å². The van der Waals surface area contributed by atoms with Gasteiger partial charge in [0.1, 0.15) is 18.1 Å². The summed E-state index contributed by atoms with van der Waals surface area (Å²) < 4.78 is 11.2. The molecule has 0 aliphatic rings. The summed E-state index contributed by atoms with van der Waals surface area (Å²) in [5.74, 6) is 1.71. The van der Waals surface area contributed by atoms with Gasteiger partial charge >= 0.3 is 0 Å². The molecule has 2 heteroatoms. The van der Waals surface area contributed by atoms with Gasteiger partial charge in [-0.05, 0) is 66.5 Å². The molecule has 0 heterocycles. The van der Waals surface area contributed by atoms with Crippen LogP contribution in [-0.2, 0) is 0 Å². The number of ether oxygens (including phenoxy) is 2. The quantitative estimate of drug-likeness (QED) is 0.505. The van der Waals surface area contributed by atoms with E-state index in [1.54, 1.807) is 0 Å². The van der Waals surface area contributed by atoms with Crippen molar-refractivity contribution in [3.8, 4) is 22.6 Å². The van der Waals surface area contributed by atoms with E-state index in [1.165, 1.54) is 22.3 Å². The molecule has 0 radical (unpaired) electrons. The zero-order chi connectivity index (χ0) is 18.2. The van der Waals surface area contributed by atoms with Crippen molar-refractivity contribution in [2.24, 2.45) is 0 Å². The van der Waals surface area contributed by atoms with Crippen molar-refractivity contribution in [1.82, 2.24) is 0 Å². The highest BCUT2D eigenvalue weighted by Gasteiger charge is 2.00. The zero-order valence-corrected chi connectivity index (χ0v) is 15.3. The SMILES string of the molecule is CCOc1ccc(OC/C=C(\C)c2ccc(-c3ccccc3)cc2)cc1. The van der Waals surface area contributed by atoms with E-state index in [0.717, 1.165) is 11.5 Å². The second-order valence-electron chi connectivity index (χ2n) is 6.05. The molecular formula is C24H24O2. The summed E-state index contributed by atoms with van der Waals surface area (Å²) in [4.78, 5) is 0. The van der Waals surface area contributed by atoms with Crippen LogP contribution >= 0.6 is 0 Å². The van der Waals surface area contributed by atoms with E-state index in [2.05, 4.69) is 61.5 Å². The molecule has 0 aliphatic carbocycles. The highest BCUT2D eigenvalue weighted by atomic mass is 16.5. The van der Waals surface area contributed by atoms with Gasteiger partial charge in [0.2, 0.25) is 0 Å². The fraction of sp³-hybridized carbons (Fsp3) is 0.167. The van der Waals surface area contributed by atoms with Crippen LogP contribution < -0.4 is 9.47 Å². The highest BCUT2D eigenvalue weighted by Crippen LogP contribution is 2.22. The van der Waals surface area contributed by atoms with E-state index in [-0.39, 0.29) is 0 Å². The van der Waals surface area contributed by atoms with E-state index in [4.69, 9.17) is 9.47 Å². The van der Waals surface area contributed by atoms with Gasteiger partial charge in [0.05, 0.1) is 6.61 Å². The second-order valence-corrected chi connectivity index (χ2v) is 6.05. The van der Waals surface area contributed by atoms with Crippen LogP contribution in [0.3, 0.4) is 0 Å². The molecule has 0 saturated heterocycles. The number of hydrogen-bond acceptors (Lipinski definition) is 2. The van der Waals surface area contributed by atoms with Crippen molar-refractivity contribution in [3.05, 3.63) is 90.5 Å². The Hall–Kier alpha value is -3.00. The lowest BCUT2D eigenvalue weighted by atomic mass is 10.0. The second kappa shape index (κ2) is 8.91. The summed E-state index contributed by atoms with van der Waals surface area (Å²) in [6.45, 7) is 5.30. The van der Waals surface area contributed by atoms with Gasteiger partial charge in [0.25, 0.3) is 0 Å². The first-order valence-corrected chi connectivity index (χ1v) is 8.94. The number of hydrogen-bond donors (Lipinski definition) is 0. The molecule has 0 unspecified atom stereocenters. The maximum atomic E-state index is 5.79. The molecule has 3 aromatic rings. The van der Waals surface area contributed by atoms with Crippen LogP contribution in [0, 0.1) is 0 Å². The molecule has 132 valence electrons. The Balaban J connectivity index is 1.59. The van der Waals surface area contributed by atoms with Gasteiger partial charge in [-0.3, -0.25) is 0 Å². The van der Waals surface area contributed by atoms with Crippen LogP contribution in [0.5, 0.6) is 11.5 Å². The van der Waals surface area contributed by atoms with Crippen molar-refractivity contribution in [2.75, 3.05) is 13.2 Å². The molecular weight excluding hydrogens is 320 g/mol. The van der Waals surface area contributed by atoms with Crippen LogP contribution in [-0.4, -0.2) is 13.2 Å². The first kappa shape index (κ1) is 17.8. The Morgan fingerprint density at radius 2 is 1.31 bits per heavy atom. The molecule has 3 aromatic carbocycles. The van der Waals surface area contributed by atoms with E-state index < -0.39 is 0 Å². The summed E-state index contributed by atoms with van der Waals surface area (Å²) in [7, 11) is 0. The lowest BCUT2D eigenvalue weighted by Crippen LogP contribution is -1.95. The minimum atomic E-state index is 0.542. The van der Waals surface area contributed by atoms with Gasteiger partial charge in [0.15, 0.2) is 0 Å². The zero-order valence-electron chi connectivity index (χ0n) is 15.3. The molecule has 0 atom stereocenters. The normalized spacial score (nSPS) is 11.2. The van der Waals surface area contributed by atoms with Crippen molar-refractivity contribution >= 4 is 5.57 Å². The molecule has 0 saturated carbocycles. The van der Waals surface area contributed by atoms with Crippen LogP contribution in [0.15, 0.2) is 84.9 Å². The molecule has 0 bridgehead atoms. The molecule has 0 fully saturated rings. The number of benzene rings is 3. The molecule has 3 rings (SSSR count). The Morgan fingerprint density at radius 1 is 0.731 bits per heavy atom. The summed E-state index contributed by atoms with van der Waals surface area (Å²) in [6, 6.07) is 26.8.